The topological polar surface area (TPSA) is 61.0 Å². The maximum atomic E-state index is 6.42. The fourth-order valence-corrected chi connectivity index (χ4v) is 3.29. The van der Waals surface area contributed by atoms with Gasteiger partial charge in [0, 0.05) is 12.4 Å². The highest BCUT2D eigenvalue weighted by Crippen LogP contribution is 2.43. The van der Waals surface area contributed by atoms with Gasteiger partial charge in [-0.2, -0.15) is 0 Å². The second kappa shape index (κ2) is 6.08. The zero-order valence-electron chi connectivity index (χ0n) is 13.1. The molecule has 0 aromatic carbocycles. The second-order valence-corrected chi connectivity index (χ2v) is 6.95. The van der Waals surface area contributed by atoms with E-state index in [0.717, 1.165) is 11.6 Å². The lowest BCUT2D eigenvalue weighted by Gasteiger charge is -2.38. The molecule has 20 heavy (non-hydrogen) atoms. The van der Waals surface area contributed by atoms with Gasteiger partial charge in [-0.15, -0.1) is 0 Å². The van der Waals surface area contributed by atoms with Crippen LogP contribution in [0.3, 0.4) is 0 Å². The van der Waals surface area contributed by atoms with E-state index in [9.17, 15) is 0 Å². The summed E-state index contributed by atoms with van der Waals surface area (Å²) in [6.45, 7) is 7.01. The van der Waals surface area contributed by atoms with E-state index in [4.69, 9.17) is 10.5 Å². The van der Waals surface area contributed by atoms with Gasteiger partial charge in [0.1, 0.15) is 5.69 Å². The van der Waals surface area contributed by atoms with Gasteiger partial charge in [-0.1, -0.05) is 20.8 Å². The molecule has 1 fully saturated rings. The fraction of sp³-hybridized carbons (Fsp3) is 0.750. The van der Waals surface area contributed by atoms with E-state index in [-0.39, 0.29) is 6.04 Å². The predicted octanol–water partition coefficient (Wildman–Crippen LogP) is 3.34. The van der Waals surface area contributed by atoms with Crippen LogP contribution in [0.25, 0.3) is 0 Å². The van der Waals surface area contributed by atoms with Crippen LogP contribution in [0, 0.1) is 17.3 Å². The van der Waals surface area contributed by atoms with Gasteiger partial charge >= 0.3 is 0 Å². The number of ether oxygens (including phenoxy) is 1. The SMILES string of the molecule is COc1nccnc1C(N)C1CCC(C(C)(C)C)CC1. The van der Waals surface area contributed by atoms with Crippen molar-refractivity contribution in [3.8, 4) is 5.88 Å². The molecule has 2 N–H and O–H groups in total. The van der Waals surface area contributed by atoms with E-state index in [1.807, 2.05) is 0 Å². The molecular weight excluding hydrogens is 250 g/mol. The lowest BCUT2D eigenvalue weighted by atomic mass is 9.68. The van der Waals surface area contributed by atoms with E-state index in [0.29, 0.717) is 17.2 Å². The molecule has 0 radical (unpaired) electrons. The van der Waals surface area contributed by atoms with Crippen LogP contribution in [-0.4, -0.2) is 17.1 Å². The fourth-order valence-electron chi connectivity index (χ4n) is 3.29. The molecule has 1 aliphatic carbocycles. The monoisotopic (exact) mass is 277 g/mol. The number of nitrogens with zero attached hydrogens (tertiary/aromatic N) is 2. The van der Waals surface area contributed by atoms with Crippen molar-refractivity contribution in [3.63, 3.8) is 0 Å². The van der Waals surface area contributed by atoms with Crippen LogP contribution in [0.5, 0.6) is 5.88 Å². The zero-order valence-corrected chi connectivity index (χ0v) is 13.1. The van der Waals surface area contributed by atoms with Crippen molar-refractivity contribution in [2.75, 3.05) is 7.11 Å². The number of nitrogens with two attached hydrogens (primary N) is 1. The van der Waals surface area contributed by atoms with Crippen molar-refractivity contribution in [1.82, 2.24) is 9.97 Å². The summed E-state index contributed by atoms with van der Waals surface area (Å²) in [5, 5.41) is 0. The van der Waals surface area contributed by atoms with E-state index in [1.165, 1.54) is 25.7 Å². The first kappa shape index (κ1) is 15.2. The molecule has 1 heterocycles. The van der Waals surface area contributed by atoms with Crippen molar-refractivity contribution in [3.05, 3.63) is 18.1 Å². The minimum absolute atomic E-state index is 0.0698. The van der Waals surface area contributed by atoms with Crippen LogP contribution in [0.4, 0.5) is 0 Å². The Morgan fingerprint density at radius 3 is 2.30 bits per heavy atom. The van der Waals surface area contributed by atoms with Crippen LogP contribution in [0.15, 0.2) is 12.4 Å². The van der Waals surface area contributed by atoms with Crippen LogP contribution in [0.1, 0.15) is 58.2 Å². The van der Waals surface area contributed by atoms with Crippen LogP contribution in [-0.2, 0) is 0 Å². The Morgan fingerprint density at radius 2 is 1.75 bits per heavy atom. The van der Waals surface area contributed by atoms with Gasteiger partial charge in [0.15, 0.2) is 0 Å². The molecule has 0 saturated heterocycles. The number of aromatic nitrogens is 2. The summed E-state index contributed by atoms with van der Waals surface area (Å²) in [5.41, 5.74) is 7.62. The Kier molecular flexibility index (Phi) is 4.63. The molecular formula is C16H27N3O. The number of hydrogen-bond donors (Lipinski definition) is 1. The second-order valence-electron chi connectivity index (χ2n) is 6.95. The van der Waals surface area contributed by atoms with Gasteiger partial charge < -0.3 is 10.5 Å². The summed E-state index contributed by atoms with van der Waals surface area (Å²) < 4.78 is 5.28. The summed E-state index contributed by atoms with van der Waals surface area (Å²) in [6, 6.07) is -0.0698. The highest BCUT2D eigenvalue weighted by atomic mass is 16.5. The van der Waals surface area contributed by atoms with E-state index >= 15 is 0 Å². The third kappa shape index (κ3) is 3.29. The molecule has 1 saturated carbocycles. The van der Waals surface area contributed by atoms with Gasteiger partial charge in [0.25, 0.3) is 0 Å². The predicted molar refractivity (Wildman–Crippen MR) is 80.4 cm³/mol. The molecule has 4 heteroatoms. The van der Waals surface area contributed by atoms with Crippen molar-refractivity contribution < 1.29 is 4.74 Å². The standard InChI is InChI=1S/C16H27N3O/c1-16(2,3)12-7-5-11(6-8-12)13(17)14-15(20-4)19-10-9-18-14/h9-13H,5-8,17H2,1-4H3. The molecule has 1 aromatic heterocycles. The largest absolute Gasteiger partial charge is 0.480 e. The third-order valence-corrected chi connectivity index (χ3v) is 4.70. The van der Waals surface area contributed by atoms with Gasteiger partial charge in [-0.25, -0.2) is 4.98 Å². The average molecular weight is 277 g/mol. The number of rotatable bonds is 3. The van der Waals surface area contributed by atoms with Gasteiger partial charge in [0.2, 0.25) is 5.88 Å². The highest BCUT2D eigenvalue weighted by Gasteiger charge is 2.33. The van der Waals surface area contributed by atoms with E-state index < -0.39 is 0 Å². The van der Waals surface area contributed by atoms with E-state index in [2.05, 4.69) is 30.7 Å². The zero-order chi connectivity index (χ0) is 14.8. The Bertz CT molecular complexity index is 434. The third-order valence-electron chi connectivity index (χ3n) is 4.70. The Hall–Kier alpha value is -1.16. The molecule has 1 aromatic rings. The van der Waals surface area contributed by atoms with Crippen molar-refractivity contribution in [1.29, 1.82) is 0 Å². The van der Waals surface area contributed by atoms with Crippen molar-refractivity contribution in [2.24, 2.45) is 23.0 Å². The number of methoxy groups -OCH3 is 1. The van der Waals surface area contributed by atoms with Crippen molar-refractivity contribution in [2.45, 2.75) is 52.5 Å². The summed E-state index contributed by atoms with van der Waals surface area (Å²) in [7, 11) is 1.62. The first-order valence-electron chi connectivity index (χ1n) is 7.54. The molecule has 0 bridgehead atoms. The Morgan fingerprint density at radius 1 is 1.15 bits per heavy atom. The molecule has 1 atom stereocenters. The molecule has 1 unspecified atom stereocenters. The minimum Gasteiger partial charge on any atom is -0.480 e. The highest BCUT2D eigenvalue weighted by molar-refractivity contribution is 5.21. The maximum Gasteiger partial charge on any atom is 0.236 e. The van der Waals surface area contributed by atoms with Crippen LogP contribution >= 0.6 is 0 Å². The first-order chi connectivity index (χ1) is 9.43. The average Bonchev–Trinajstić information content (AvgIpc) is 2.45. The summed E-state index contributed by atoms with van der Waals surface area (Å²) in [6.07, 6.45) is 8.19. The normalized spacial score (nSPS) is 25.2. The molecule has 2 rings (SSSR count). The van der Waals surface area contributed by atoms with Gasteiger partial charge in [0.05, 0.1) is 13.2 Å². The lowest BCUT2D eigenvalue weighted by Crippen LogP contribution is -2.31. The maximum absolute atomic E-state index is 6.42. The quantitative estimate of drug-likeness (QED) is 0.920. The van der Waals surface area contributed by atoms with Crippen molar-refractivity contribution >= 4 is 0 Å². The smallest absolute Gasteiger partial charge is 0.236 e. The summed E-state index contributed by atoms with van der Waals surface area (Å²) in [5.74, 6) is 1.85. The molecule has 0 aliphatic heterocycles. The summed E-state index contributed by atoms with van der Waals surface area (Å²) in [4.78, 5) is 8.58. The molecule has 112 valence electrons. The van der Waals surface area contributed by atoms with Gasteiger partial charge in [-0.05, 0) is 42.9 Å². The van der Waals surface area contributed by atoms with Gasteiger partial charge in [-0.3, -0.25) is 4.98 Å². The molecule has 4 nitrogen and oxygen atoms in total. The minimum atomic E-state index is -0.0698. The molecule has 1 aliphatic rings. The Balaban J connectivity index is 2.03. The first-order valence-corrected chi connectivity index (χ1v) is 7.54. The Labute approximate surface area is 122 Å². The number of hydrogen-bond acceptors (Lipinski definition) is 4. The summed E-state index contributed by atoms with van der Waals surface area (Å²) >= 11 is 0. The van der Waals surface area contributed by atoms with Crippen LogP contribution < -0.4 is 10.5 Å². The molecule has 0 spiro atoms. The molecule has 0 amide bonds. The lowest BCUT2D eigenvalue weighted by molar-refractivity contribution is 0.138. The van der Waals surface area contributed by atoms with Crippen LogP contribution in [0.2, 0.25) is 0 Å². The van der Waals surface area contributed by atoms with E-state index in [1.54, 1.807) is 19.5 Å².